The van der Waals surface area contributed by atoms with Crippen LogP contribution in [0.4, 0.5) is 5.69 Å². The van der Waals surface area contributed by atoms with Crippen molar-refractivity contribution in [3.63, 3.8) is 0 Å². The van der Waals surface area contributed by atoms with Crippen LogP contribution in [0.2, 0.25) is 0 Å². The first kappa shape index (κ1) is 19.8. The number of carbonyl (C=O) groups excluding carboxylic acids is 1. The van der Waals surface area contributed by atoms with E-state index in [4.69, 9.17) is 0 Å². The molecule has 2 N–H and O–H groups in total. The summed E-state index contributed by atoms with van der Waals surface area (Å²) >= 11 is 1.38. The molecule has 0 radical (unpaired) electrons. The topological polar surface area (TPSA) is 79.8 Å². The van der Waals surface area contributed by atoms with Gasteiger partial charge in [-0.3, -0.25) is 14.7 Å². The number of nitrogens with zero attached hydrogens (tertiary/aromatic N) is 2. The molecule has 0 aliphatic rings. The van der Waals surface area contributed by atoms with Crippen molar-refractivity contribution in [1.82, 2.24) is 14.8 Å². The van der Waals surface area contributed by atoms with Gasteiger partial charge in [0.05, 0.1) is 12.1 Å². The molecule has 2 heterocycles. The zero-order valence-corrected chi connectivity index (χ0v) is 17.8. The molecule has 0 atom stereocenters. The lowest BCUT2D eigenvalue weighted by atomic mass is 10.1. The number of amides is 1. The lowest BCUT2D eigenvalue weighted by molar-refractivity contribution is -0.115. The van der Waals surface area contributed by atoms with Gasteiger partial charge < -0.3 is 5.32 Å². The zero-order chi connectivity index (χ0) is 21.3. The van der Waals surface area contributed by atoms with Crippen LogP contribution in [-0.2, 0) is 11.2 Å². The van der Waals surface area contributed by atoms with Crippen LogP contribution >= 0.6 is 11.3 Å². The van der Waals surface area contributed by atoms with Gasteiger partial charge in [-0.1, -0.05) is 48.0 Å². The number of hydrogen-bond donors (Lipinski definition) is 2. The SMILES string of the molecule is Cc1ccc(NC(=O)Cc2c(C)[nH]n(-c3nc(-c4ccccc4)cs3)c2=O)c(C)c1. The predicted octanol–water partition coefficient (Wildman–Crippen LogP) is 4.40. The molecule has 4 aromatic rings. The average molecular weight is 419 g/mol. The fourth-order valence-corrected chi connectivity index (χ4v) is 4.13. The van der Waals surface area contributed by atoms with E-state index in [-0.39, 0.29) is 17.9 Å². The third kappa shape index (κ3) is 3.97. The van der Waals surface area contributed by atoms with Crippen molar-refractivity contribution in [2.45, 2.75) is 27.2 Å². The summed E-state index contributed by atoms with van der Waals surface area (Å²) in [6, 6.07) is 15.6. The summed E-state index contributed by atoms with van der Waals surface area (Å²) < 4.78 is 1.41. The van der Waals surface area contributed by atoms with Gasteiger partial charge in [-0.15, -0.1) is 11.3 Å². The minimum Gasteiger partial charge on any atom is -0.326 e. The number of nitrogens with one attached hydrogen (secondary N) is 2. The van der Waals surface area contributed by atoms with Crippen molar-refractivity contribution in [3.05, 3.63) is 86.6 Å². The Balaban J connectivity index is 1.56. The van der Waals surface area contributed by atoms with Crippen LogP contribution in [0.25, 0.3) is 16.4 Å². The van der Waals surface area contributed by atoms with Gasteiger partial charge >= 0.3 is 0 Å². The normalized spacial score (nSPS) is 10.9. The van der Waals surface area contributed by atoms with Crippen LogP contribution in [0.15, 0.2) is 58.7 Å². The largest absolute Gasteiger partial charge is 0.326 e. The summed E-state index contributed by atoms with van der Waals surface area (Å²) in [6.07, 6.45) is -0.00159. The van der Waals surface area contributed by atoms with Crippen molar-refractivity contribution >= 4 is 22.9 Å². The van der Waals surface area contributed by atoms with Crippen molar-refractivity contribution in [1.29, 1.82) is 0 Å². The Morgan fingerprint density at radius 1 is 1.13 bits per heavy atom. The third-order valence-corrected chi connectivity index (χ3v) is 5.77. The third-order valence-electron chi connectivity index (χ3n) is 4.94. The highest BCUT2D eigenvalue weighted by molar-refractivity contribution is 7.12. The first-order valence-electron chi connectivity index (χ1n) is 9.61. The molecule has 0 bridgehead atoms. The molecular weight excluding hydrogens is 396 g/mol. The zero-order valence-electron chi connectivity index (χ0n) is 17.0. The van der Waals surface area contributed by atoms with Gasteiger partial charge in [-0.2, -0.15) is 4.68 Å². The Morgan fingerprint density at radius 2 is 1.90 bits per heavy atom. The minimum atomic E-state index is -0.253. The second-order valence-electron chi connectivity index (χ2n) is 7.28. The number of carbonyl (C=O) groups is 1. The maximum Gasteiger partial charge on any atom is 0.277 e. The van der Waals surface area contributed by atoms with Crippen LogP contribution in [0, 0.1) is 20.8 Å². The number of aromatic nitrogens is 3. The molecule has 0 fully saturated rings. The second-order valence-corrected chi connectivity index (χ2v) is 8.12. The lowest BCUT2D eigenvalue weighted by Crippen LogP contribution is -2.22. The number of anilines is 1. The highest BCUT2D eigenvalue weighted by Gasteiger charge is 2.18. The molecule has 0 aliphatic carbocycles. The number of hydrogen-bond acceptors (Lipinski definition) is 4. The first-order valence-corrected chi connectivity index (χ1v) is 10.5. The molecule has 0 saturated carbocycles. The maximum absolute atomic E-state index is 13.0. The molecule has 30 heavy (non-hydrogen) atoms. The fraction of sp³-hybridized carbons (Fsp3) is 0.174. The number of thiazole rings is 1. The summed E-state index contributed by atoms with van der Waals surface area (Å²) in [7, 11) is 0. The number of aryl methyl sites for hydroxylation is 3. The van der Waals surface area contributed by atoms with Gasteiger partial charge in [-0.25, -0.2) is 4.98 Å². The van der Waals surface area contributed by atoms with Crippen molar-refractivity contribution < 1.29 is 4.79 Å². The maximum atomic E-state index is 13.0. The molecule has 6 nitrogen and oxygen atoms in total. The Labute approximate surface area is 178 Å². The molecule has 7 heteroatoms. The average Bonchev–Trinajstić information content (AvgIpc) is 3.31. The molecule has 0 unspecified atom stereocenters. The molecule has 2 aromatic heterocycles. The summed E-state index contributed by atoms with van der Waals surface area (Å²) in [5, 5.41) is 8.42. The summed E-state index contributed by atoms with van der Waals surface area (Å²) in [5.74, 6) is -0.225. The van der Waals surface area contributed by atoms with Gasteiger partial charge in [0.15, 0.2) is 0 Å². The molecule has 2 aromatic carbocycles. The van der Waals surface area contributed by atoms with Crippen LogP contribution in [0.1, 0.15) is 22.4 Å². The Kier molecular flexibility index (Phi) is 5.37. The monoisotopic (exact) mass is 418 g/mol. The van der Waals surface area contributed by atoms with E-state index in [0.717, 1.165) is 28.1 Å². The quantitative estimate of drug-likeness (QED) is 0.504. The lowest BCUT2D eigenvalue weighted by Gasteiger charge is -2.08. The minimum absolute atomic E-state index is 0.00159. The molecule has 0 aliphatic heterocycles. The Bertz CT molecular complexity index is 1270. The van der Waals surface area contributed by atoms with Crippen LogP contribution in [-0.4, -0.2) is 20.7 Å². The molecule has 152 valence electrons. The number of benzene rings is 2. The van der Waals surface area contributed by atoms with E-state index < -0.39 is 0 Å². The molecular formula is C23H22N4O2S. The van der Waals surface area contributed by atoms with E-state index >= 15 is 0 Å². The summed E-state index contributed by atoms with van der Waals surface area (Å²) in [4.78, 5) is 30.1. The predicted molar refractivity (Wildman–Crippen MR) is 120 cm³/mol. The Morgan fingerprint density at radius 3 is 2.63 bits per heavy atom. The summed E-state index contributed by atoms with van der Waals surface area (Å²) in [6.45, 7) is 5.75. The van der Waals surface area contributed by atoms with Crippen molar-refractivity contribution in [2.24, 2.45) is 0 Å². The van der Waals surface area contributed by atoms with E-state index in [2.05, 4.69) is 15.4 Å². The number of H-pyrrole nitrogens is 1. The van der Waals surface area contributed by atoms with Gasteiger partial charge in [0.2, 0.25) is 11.0 Å². The van der Waals surface area contributed by atoms with Crippen LogP contribution in [0.3, 0.4) is 0 Å². The highest BCUT2D eigenvalue weighted by Crippen LogP contribution is 2.23. The van der Waals surface area contributed by atoms with E-state index in [1.807, 2.05) is 67.8 Å². The molecule has 0 spiro atoms. The molecule has 1 amide bonds. The van der Waals surface area contributed by atoms with Gasteiger partial charge in [-0.05, 0) is 32.4 Å². The van der Waals surface area contributed by atoms with Crippen LogP contribution in [0.5, 0.6) is 0 Å². The van der Waals surface area contributed by atoms with Crippen molar-refractivity contribution in [2.75, 3.05) is 5.32 Å². The first-order chi connectivity index (χ1) is 14.4. The number of aromatic amines is 1. The van der Waals surface area contributed by atoms with E-state index in [1.165, 1.54) is 16.0 Å². The van der Waals surface area contributed by atoms with Gasteiger partial charge in [0.1, 0.15) is 0 Å². The Hall–Kier alpha value is -3.45. The van der Waals surface area contributed by atoms with Crippen molar-refractivity contribution in [3.8, 4) is 16.4 Å². The van der Waals surface area contributed by atoms with E-state index in [1.54, 1.807) is 6.92 Å². The molecule has 4 rings (SSSR count). The smallest absolute Gasteiger partial charge is 0.277 e. The van der Waals surface area contributed by atoms with Gasteiger partial charge in [0, 0.05) is 27.9 Å². The van der Waals surface area contributed by atoms with E-state index in [9.17, 15) is 9.59 Å². The standard InChI is InChI=1S/C23H22N4O2S/c1-14-9-10-19(15(2)11-14)24-21(28)12-18-16(3)26-27(22(18)29)23-25-20(13-30-23)17-7-5-4-6-8-17/h4-11,13,26H,12H2,1-3H3,(H,24,28). The fourth-order valence-electron chi connectivity index (χ4n) is 3.34. The number of rotatable bonds is 5. The highest BCUT2D eigenvalue weighted by atomic mass is 32.1. The van der Waals surface area contributed by atoms with Crippen LogP contribution < -0.4 is 10.9 Å². The summed E-state index contributed by atoms with van der Waals surface area (Å²) in [5.41, 5.74) is 5.52. The van der Waals surface area contributed by atoms with Gasteiger partial charge in [0.25, 0.3) is 5.56 Å². The second kappa shape index (κ2) is 8.12. The molecule has 0 saturated heterocycles. The van der Waals surface area contributed by atoms with E-state index in [0.29, 0.717) is 16.4 Å².